The average Bonchev–Trinajstić information content (AvgIpc) is 3.29. The van der Waals surface area contributed by atoms with Crippen molar-refractivity contribution in [1.29, 1.82) is 0 Å². The van der Waals surface area contributed by atoms with Crippen molar-refractivity contribution in [2.45, 2.75) is 57.9 Å². The van der Waals surface area contributed by atoms with Crippen molar-refractivity contribution in [2.24, 2.45) is 4.99 Å². The molecule has 29 heavy (non-hydrogen) atoms. The minimum atomic E-state index is 0.158. The second-order valence-electron chi connectivity index (χ2n) is 8.18. The lowest BCUT2D eigenvalue weighted by atomic mass is 10.1. The molecule has 0 bridgehead atoms. The van der Waals surface area contributed by atoms with E-state index in [0.717, 1.165) is 71.2 Å². The smallest absolute Gasteiger partial charge is 0.194 e. The Morgan fingerprint density at radius 3 is 2.76 bits per heavy atom. The van der Waals surface area contributed by atoms with Gasteiger partial charge < -0.3 is 19.7 Å². The molecule has 3 unspecified atom stereocenters. The Morgan fingerprint density at radius 1 is 1.24 bits per heavy atom. The fourth-order valence-corrected chi connectivity index (χ4v) is 4.02. The quantitative estimate of drug-likeness (QED) is 0.535. The number of guanidine groups is 1. The second-order valence-corrected chi connectivity index (χ2v) is 8.18. The van der Waals surface area contributed by atoms with Gasteiger partial charge in [-0.05, 0) is 45.7 Å². The van der Waals surface area contributed by atoms with Gasteiger partial charge in [0.2, 0.25) is 0 Å². The highest BCUT2D eigenvalue weighted by molar-refractivity contribution is 5.80. The van der Waals surface area contributed by atoms with Gasteiger partial charge in [0.25, 0.3) is 0 Å². The van der Waals surface area contributed by atoms with Crippen LogP contribution >= 0.6 is 0 Å². The molecule has 3 atom stereocenters. The molecule has 6 nitrogen and oxygen atoms in total. The van der Waals surface area contributed by atoms with E-state index in [4.69, 9.17) is 14.5 Å². The summed E-state index contributed by atoms with van der Waals surface area (Å²) in [6, 6.07) is 11.1. The first kappa shape index (κ1) is 22.1. The molecule has 0 amide bonds. The molecule has 1 N–H and O–H groups in total. The van der Waals surface area contributed by atoms with E-state index in [-0.39, 0.29) is 12.2 Å². The van der Waals surface area contributed by atoms with Crippen LogP contribution in [0.5, 0.6) is 0 Å². The van der Waals surface area contributed by atoms with Crippen molar-refractivity contribution in [3.8, 4) is 0 Å². The van der Waals surface area contributed by atoms with Gasteiger partial charge in [0, 0.05) is 45.4 Å². The molecule has 6 heteroatoms. The van der Waals surface area contributed by atoms with Gasteiger partial charge in [0.15, 0.2) is 5.96 Å². The monoisotopic (exact) mass is 402 g/mol. The van der Waals surface area contributed by atoms with E-state index in [1.54, 1.807) is 0 Å². The van der Waals surface area contributed by atoms with E-state index >= 15 is 0 Å². The number of hydrogen-bond acceptors (Lipinski definition) is 4. The molecule has 3 rings (SSSR count). The number of ether oxygens (including phenoxy) is 2. The average molecular weight is 403 g/mol. The van der Waals surface area contributed by atoms with Crippen molar-refractivity contribution in [1.82, 2.24) is 15.1 Å². The summed E-state index contributed by atoms with van der Waals surface area (Å²) in [7, 11) is 2.20. The third-order valence-electron chi connectivity index (χ3n) is 5.94. The lowest BCUT2D eigenvalue weighted by molar-refractivity contribution is -0.0817. The number of morpholine rings is 1. The zero-order valence-corrected chi connectivity index (χ0v) is 18.3. The predicted molar refractivity (Wildman–Crippen MR) is 118 cm³/mol. The summed E-state index contributed by atoms with van der Waals surface area (Å²) in [6.45, 7) is 10.4. The Hall–Kier alpha value is -1.63. The van der Waals surface area contributed by atoms with Crippen molar-refractivity contribution in [2.75, 3.05) is 46.4 Å². The Kier molecular flexibility index (Phi) is 8.77. The van der Waals surface area contributed by atoms with Crippen LogP contribution in [-0.2, 0) is 16.0 Å². The van der Waals surface area contributed by atoms with Crippen LogP contribution in [0.4, 0.5) is 0 Å². The Labute approximate surface area is 176 Å². The van der Waals surface area contributed by atoms with Crippen LogP contribution in [0.3, 0.4) is 0 Å². The van der Waals surface area contributed by atoms with Gasteiger partial charge in [-0.2, -0.15) is 0 Å². The zero-order chi connectivity index (χ0) is 20.5. The molecule has 2 aliphatic heterocycles. The number of nitrogens with one attached hydrogen (secondary N) is 1. The maximum atomic E-state index is 6.00. The van der Waals surface area contributed by atoms with Crippen LogP contribution in [0.15, 0.2) is 35.3 Å². The number of benzene rings is 1. The fourth-order valence-electron chi connectivity index (χ4n) is 4.02. The molecule has 2 aliphatic rings. The third kappa shape index (κ3) is 6.69. The van der Waals surface area contributed by atoms with E-state index in [1.165, 1.54) is 5.56 Å². The van der Waals surface area contributed by atoms with Crippen LogP contribution in [0.1, 0.15) is 38.7 Å². The molecule has 0 aliphatic carbocycles. The fraction of sp³-hybridized carbons (Fsp3) is 0.696. The molecule has 0 spiro atoms. The number of aliphatic imine (C=N–C) groups is 1. The van der Waals surface area contributed by atoms with Gasteiger partial charge in [0.1, 0.15) is 6.10 Å². The minimum absolute atomic E-state index is 0.158. The summed E-state index contributed by atoms with van der Waals surface area (Å²) in [5.74, 6) is 1.01. The van der Waals surface area contributed by atoms with E-state index < -0.39 is 0 Å². The first-order valence-corrected chi connectivity index (χ1v) is 11.2. The van der Waals surface area contributed by atoms with Crippen LogP contribution in [0.25, 0.3) is 0 Å². The minimum Gasteiger partial charge on any atom is -0.375 e. The number of nitrogens with zero attached hydrogens (tertiary/aromatic N) is 3. The molecule has 162 valence electrons. The maximum Gasteiger partial charge on any atom is 0.194 e. The van der Waals surface area contributed by atoms with E-state index in [1.807, 2.05) is 0 Å². The van der Waals surface area contributed by atoms with E-state index in [2.05, 4.69) is 66.3 Å². The summed E-state index contributed by atoms with van der Waals surface area (Å²) < 4.78 is 11.8. The number of hydrogen-bond donors (Lipinski definition) is 1. The molecule has 0 saturated carbocycles. The highest BCUT2D eigenvalue weighted by atomic mass is 16.5. The van der Waals surface area contributed by atoms with Gasteiger partial charge in [0.05, 0.1) is 12.7 Å². The summed E-state index contributed by atoms with van der Waals surface area (Å²) in [5.41, 5.74) is 1.35. The molecule has 1 aromatic rings. The SMILES string of the molecule is CCNC(=NCCC(C)N(C)Cc1ccccc1)N1CCOC(C2CCCO2)C1. The van der Waals surface area contributed by atoms with Crippen LogP contribution in [0, 0.1) is 0 Å². The largest absolute Gasteiger partial charge is 0.375 e. The van der Waals surface area contributed by atoms with Gasteiger partial charge in [-0.3, -0.25) is 9.89 Å². The van der Waals surface area contributed by atoms with Gasteiger partial charge in [-0.1, -0.05) is 30.3 Å². The lowest BCUT2D eigenvalue weighted by Gasteiger charge is -2.37. The zero-order valence-electron chi connectivity index (χ0n) is 18.3. The lowest BCUT2D eigenvalue weighted by Crippen LogP contribution is -2.53. The van der Waals surface area contributed by atoms with E-state index in [9.17, 15) is 0 Å². The van der Waals surface area contributed by atoms with Gasteiger partial charge in [-0.25, -0.2) is 0 Å². The topological polar surface area (TPSA) is 49.3 Å². The van der Waals surface area contributed by atoms with Crippen molar-refractivity contribution >= 4 is 5.96 Å². The van der Waals surface area contributed by atoms with Crippen LogP contribution in [-0.4, -0.2) is 80.4 Å². The Bertz CT molecular complexity index is 619. The first-order chi connectivity index (χ1) is 14.2. The third-order valence-corrected chi connectivity index (χ3v) is 5.94. The molecular weight excluding hydrogens is 364 g/mol. The van der Waals surface area contributed by atoms with Crippen molar-refractivity contribution < 1.29 is 9.47 Å². The molecule has 1 aromatic carbocycles. The molecule has 2 fully saturated rings. The van der Waals surface area contributed by atoms with Crippen LogP contribution in [0.2, 0.25) is 0 Å². The van der Waals surface area contributed by atoms with Crippen LogP contribution < -0.4 is 5.32 Å². The molecule has 0 radical (unpaired) electrons. The number of rotatable bonds is 8. The molecule has 2 heterocycles. The van der Waals surface area contributed by atoms with Crippen molar-refractivity contribution in [3.05, 3.63) is 35.9 Å². The second kappa shape index (κ2) is 11.5. The van der Waals surface area contributed by atoms with Crippen molar-refractivity contribution in [3.63, 3.8) is 0 Å². The highest BCUT2D eigenvalue weighted by Gasteiger charge is 2.32. The molecule has 2 saturated heterocycles. The highest BCUT2D eigenvalue weighted by Crippen LogP contribution is 2.21. The summed E-state index contributed by atoms with van der Waals surface area (Å²) in [4.78, 5) is 9.68. The summed E-state index contributed by atoms with van der Waals surface area (Å²) in [6.07, 6.45) is 3.70. The maximum absolute atomic E-state index is 6.00. The Morgan fingerprint density at radius 2 is 2.03 bits per heavy atom. The molecule has 0 aromatic heterocycles. The normalized spacial score (nSPS) is 24.1. The first-order valence-electron chi connectivity index (χ1n) is 11.2. The Balaban J connectivity index is 1.50. The summed E-state index contributed by atoms with van der Waals surface area (Å²) in [5, 5.41) is 3.47. The van der Waals surface area contributed by atoms with E-state index in [0.29, 0.717) is 6.04 Å². The van der Waals surface area contributed by atoms with Gasteiger partial charge >= 0.3 is 0 Å². The molecular formula is C23H38N4O2. The standard InChI is InChI=1S/C23H38N4O2/c1-4-24-23(27-14-16-29-22(18-27)21-11-8-15-28-21)25-13-12-19(2)26(3)17-20-9-6-5-7-10-20/h5-7,9-10,19,21-22H,4,8,11-18H2,1-3H3,(H,24,25). The summed E-state index contributed by atoms with van der Waals surface area (Å²) >= 11 is 0. The van der Waals surface area contributed by atoms with Gasteiger partial charge in [-0.15, -0.1) is 0 Å². The predicted octanol–water partition coefficient (Wildman–Crippen LogP) is 2.74.